The van der Waals surface area contributed by atoms with E-state index in [0.29, 0.717) is 17.8 Å². The van der Waals surface area contributed by atoms with Crippen molar-refractivity contribution in [3.63, 3.8) is 0 Å². The minimum atomic E-state index is -4.65. The van der Waals surface area contributed by atoms with Gasteiger partial charge in [0.2, 0.25) is 5.91 Å². The number of aryl methyl sites for hydroxylation is 1. The molecule has 1 aromatic carbocycles. The summed E-state index contributed by atoms with van der Waals surface area (Å²) in [6.07, 6.45) is -4.00. The molecule has 5 nitrogen and oxygen atoms in total. The van der Waals surface area contributed by atoms with Gasteiger partial charge in [0, 0.05) is 13.2 Å². The number of benzene rings is 1. The van der Waals surface area contributed by atoms with Gasteiger partial charge in [0.25, 0.3) is 5.56 Å². The maximum absolute atomic E-state index is 12.8. The van der Waals surface area contributed by atoms with Crippen LogP contribution in [0.25, 0.3) is 0 Å². The lowest BCUT2D eigenvalue weighted by atomic mass is 9.99. The third kappa shape index (κ3) is 3.83. The number of aromatic nitrogens is 1. The number of carbonyl (C=O) groups is 1. The van der Waals surface area contributed by atoms with Gasteiger partial charge in [0.1, 0.15) is 5.69 Å². The molecule has 128 valence electrons. The number of hydrogen-bond donors (Lipinski definition) is 2. The summed E-state index contributed by atoms with van der Waals surface area (Å²) < 4.78 is 39.3. The van der Waals surface area contributed by atoms with Crippen LogP contribution in [0.1, 0.15) is 17.0 Å². The van der Waals surface area contributed by atoms with Crippen LogP contribution >= 0.6 is 0 Å². The number of rotatable bonds is 4. The van der Waals surface area contributed by atoms with Crippen LogP contribution in [0.15, 0.2) is 47.4 Å². The molecule has 1 amide bonds. The Labute approximate surface area is 135 Å². The van der Waals surface area contributed by atoms with Crippen LogP contribution in [-0.2, 0) is 18.0 Å². The molecule has 1 atom stereocenters. The molecule has 1 unspecified atom stereocenters. The van der Waals surface area contributed by atoms with Gasteiger partial charge in [-0.15, -0.1) is 0 Å². The molecule has 0 bridgehead atoms. The number of pyridine rings is 1. The second-order valence-corrected chi connectivity index (χ2v) is 5.19. The van der Waals surface area contributed by atoms with Crippen LogP contribution in [0.5, 0.6) is 0 Å². The molecule has 0 radical (unpaired) electrons. The molecule has 2 aromatic rings. The van der Waals surface area contributed by atoms with E-state index in [9.17, 15) is 27.9 Å². The number of nitrogens with one attached hydrogen (secondary N) is 1. The maximum Gasteiger partial charge on any atom is 0.417 e. The summed E-state index contributed by atoms with van der Waals surface area (Å²) in [6, 6.07) is 8.83. The fourth-order valence-corrected chi connectivity index (χ4v) is 2.20. The first-order chi connectivity index (χ1) is 11.2. The highest BCUT2D eigenvalue weighted by molar-refractivity contribution is 5.95. The van der Waals surface area contributed by atoms with Gasteiger partial charge in [0.05, 0.1) is 18.1 Å². The fraction of sp³-hybridized carbons (Fsp3) is 0.250. The predicted octanol–water partition coefficient (Wildman–Crippen LogP) is 2.12. The van der Waals surface area contributed by atoms with Gasteiger partial charge in [-0.3, -0.25) is 9.59 Å². The van der Waals surface area contributed by atoms with E-state index in [-0.39, 0.29) is 0 Å². The number of amides is 1. The predicted molar refractivity (Wildman–Crippen MR) is 81.6 cm³/mol. The molecule has 0 fully saturated rings. The van der Waals surface area contributed by atoms with Gasteiger partial charge in [-0.05, 0) is 11.6 Å². The monoisotopic (exact) mass is 340 g/mol. The summed E-state index contributed by atoms with van der Waals surface area (Å²) in [5.41, 5.74) is -1.84. The molecule has 1 aromatic heterocycles. The fourth-order valence-electron chi connectivity index (χ4n) is 2.20. The number of aliphatic hydroxyl groups excluding tert-OH is 1. The van der Waals surface area contributed by atoms with Crippen molar-refractivity contribution < 1.29 is 23.1 Å². The average Bonchev–Trinajstić information content (AvgIpc) is 2.52. The molecule has 0 aliphatic carbocycles. The van der Waals surface area contributed by atoms with Crippen LogP contribution in [0.2, 0.25) is 0 Å². The van der Waals surface area contributed by atoms with Gasteiger partial charge in [0.15, 0.2) is 0 Å². The lowest BCUT2D eigenvalue weighted by molar-refractivity contribution is -0.138. The number of aliphatic hydroxyl groups is 1. The van der Waals surface area contributed by atoms with Crippen molar-refractivity contribution in [2.24, 2.45) is 7.05 Å². The van der Waals surface area contributed by atoms with Gasteiger partial charge in [-0.1, -0.05) is 30.3 Å². The summed E-state index contributed by atoms with van der Waals surface area (Å²) in [6.45, 7) is -0.547. The first kappa shape index (κ1) is 17.7. The van der Waals surface area contributed by atoms with E-state index in [1.165, 1.54) is 0 Å². The molecule has 0 aliphatic heterocycles. The lowest BCUT2D eigenvalue weighted by Gasteiger charge is -2.16. The lowest BCUT2D eigenvalue weighted by Crippen LogP contribution is -2.30. The van der Waals surface area contributed by atoms with E-state index in [1.54, 1.807) is 30.3 Å². The smallest absolute Gasteiger partial charge is 0.395 e. The van der Waals surface area contributed by atoms with Crippen LogP contribution in [0.4, 0.5) is 18.9 Å². The zero-order chi connectivity index (χ0) is 17.9. The summed E-state index contributed by atoms with van der Waals surface area (Å²) in [5, 5.41) is 11.6. The second kappa shape index (κ2) is 6.88. The van der Waals surface area contributed by atoms with E-state index in [4.69, 9.17) is 0 Å². The Kier molecular flexibility index (Phi) is 5.08. The number of anilines is 1. The normalized spacial score (nSPS) is 12.7. The van der Waals surface area contributed by atoms with E-state index in [0.717, 1.165) is 11.6 Å². The number of carbonyl (C=O) groups excluding carboxylic acids is 1. The largest absolute Gasteiger partial charge is 0.417 e. The molecule has 0 spiro atoms. The van der Waals surface area contributed by atoms with E-state index in [2.05, 4.69) is 5.32 Å². The first-order valence-electron chi connectivity index (χ1n) is 6.98. The van der Waals surface area contributed by atoms with Crippen molar-refractivity contribution in [3.05, 3.63) is 64.1 Å². The Hall–Kier alpha value is -2.61. The molecule has 2 rings (SSSR count). The Bertz CT molecular complexity index is 785. The van der Waals surface area contributed by atoms with Gasteiger partial charge < -0.3 is 15.0 Å². The minimum Gasteiger partial charge on any atom is -0.395 e. The molecule has 1 heterocycles. The Morgan fingerprint density at radius 3 is 2.46 bits per heavy atom. The van der Waals surface area contributed by atoms with Crippen molar-refractivity contribution in [1.82, 2.24) is 4.57 Å². The van der Waals surface area contributed by atoms with E-state index < -0.39 is 41.4 Å². The zero-order valence-electron chi connectivity index (χ0n) is 12.7. The Balaban J connectivity index is 2.35. The summed E-state index contributed by atoms with van der Waals surface area (Å²) in [5.74, 6) is -1.76. The van der Waals surface area contributed by atoms with E-state index in [1.807, 2.05) is 0 Å². The third-order valence-corrected chi connectivity index (χ3v) is 3.47. The van der Waals surface area contributed by atoms with Crippen molar-refractivity contribution in [3.8, 4) is 0 Å². The minimum absolute atomic E-state index is 0.487. The molecular weight excluding hydrogens is 325 g/mol. The van der Waals surface area contributed by atoms with Gasteiger partial charge in [-0.2, -0.15) is 13.2 Å². The highest BCUT2D eigenvalue weighted by Crippen LogP contribution is 2.29. The molecule has 0 saturated heterocycles. The zero-order valence-corrected chi connectivity index (χ0v) is 12.7. The number of alkyl halides is 3. The highest BCUT2D eigenvalue weighted by Gasteiger charge is 2.32. The molecular formula is C16H15F3N2O3. The van der Waals surface area contributed by atoms with Crippen LogP contribution in [0, 0.1) is 0 Å². The van der Waals surface area contributed by atoms with Crippen molar-refractivity contribution in [2.75, 3.05) is 11.9 Å². The molecule has 0 saturated carbocycles. The van der Waals surface area contributed by atoms with Crippen LogP contribution in [-0.4, -0.2) is 22.2 Å². The van der Waals surface area contributed by atoms with Crippen molar-refractivity contribution >= 4 is 11.6 Å². The average molecular weight is 340 g/mol. The van der Waals surface area contributed by atoms with Gasteiger partial charge >= 0.3 is 6.18 Å². The molecule has 0 aliphatic rings. The van der Waals surface area contributed by atoms with Gasteiger partial charge in [-0.25, -0.2) is 0 Å². The SMILES string of the molecule is Cn1cc(C(F)(F)F)cc(NC(=O)C(CO)c2ccccc2)c1=O. The number of hydrogen-bond acceptors (Lipinski definition) is 3. The standard InChI is InChI=1S/C16H15F3N2O3/c1-21-8-11(16(17,18)19)7-13(15(21)24)20-14(23)12(9-22)10-5-3-2-4-6-10/h2-8,12,22H,9H2,1H3,(H,20,23). The maximum atomic E-state index is 12.8. The Morgan fingerprint density at radius 1 is 1.29 bits per heavy atom. The molecule has 8 heteroatoms. The summed E-state index contributed by atoms with van der Waals surface area (Å²) in [7, 11) is 1.16. The first-order valence-corrected chi connectivity index (χ1v) is 6.98. The Morgan fingerprint density at radius 2 is 1.92 bits per heavy atom. The second-order valence-electron chi connectivity index (χ2n) is 5.19. The van der Waals surface area contributed by atoms with Crippen LogP contribution in [0.3, 0.4) is 0 Å². The van der Waals surface area contributed by atoms with Crippen molar-refractivity contribution in [2.45, 2.75) is 12.1 Å². The summed E-state index contributed by atoms with van der Waals surface area (Å²) >= 11 is 0. The molecule has 24 heavy (non-hydrogen) atoms. The van der Waals surface area contributed by atoms with Crippen molar-refractivity contribution in [1.29, 1.82) is 0 Å². The number of nitrogens with zero attached hydrogens (tertiary/aromatic N) is 1. The number of halogens is 3. The summed E-state index contributed by atoms with van der Waals surface area (Å²) in [4.78, 5) is 24.2. The van der Waals surface area contributed by atoms with E-state index >= 15 is 0 Å². The molecule has 2 N–H and O–H groups in total. The highest BCUT2D eigenvalue weighted by atomic mass is 19.4. The van der Waals surface area contributed by atoms with Crippen LogP contribution < -0.4 is 10.9 Å². The topological polar surface area (TPSA) is 71.3 Å². The quantitative estimate of drug-likeness (QED) is 0.896. The third-order valence-electron chi connectivity index (χ3n) is 3.47.